The normalized spacial score (nSPS) is 29.8. The second-order valence-electron chi connectivity index (χ2n) is 5.87. The molecule has 0 aliphatic carbocycles. The van der Waals surface area contributed by atoms with E-state index < -0.39 is 0 Å². The van der Waals surface area contributed by atoms with Crippen LogP contribution in [-0.2, 0) is 11.3 Å². The monoisotopic (exact) mass is 249 g/mol. The molecule has 1 aromatic rings. The van der Waals surface area contributed by atoms with Crippen LogP contribution in [0.5, 0.6) is 0 Å². The zero-order valence-electron chi connectivity index (χ0n) is 11.2. The number of aromatic nitrogens is 2. The lowest BCUT2D eigenvalue weighted by molar-refractivity contribution is 0.00540. The molecule has 2 aliphatic rings. The Hall–Kier alpha value is -0.870. The number of hydrogen-bond donors (Lipinski definition) is 1. The van der Waals surface area contributed by atoms with Gasteiger partial charge in [0.1, 0.15) is 0 Å². The number of nitrogens with zero attached hydrogens (tertiary/aromatic N) is 2. The first kappa shape index (κ1) is 12.2. The highest BCUT2D eigenvalue weighted by molar-refractivity contribution is 5.08. The Morgan fingerprint density at radius 2 is 2.33 bits per heavy atom. The average Bonchev–Trinajstić information content (AvgIpc) is 3.00. The summed E-state index contributed by atoms with van der Waals surface area (Å²) >= 11 is 0. The van der Waals surface area contributed by atoms with Crippen molar-refractivity contribution in [1.82, 2.24) is 14.9 Å². The van der Waals surface area contributed by atoms with Gasteiger partial charge in [0, 0.05) is 24.4 Å². The fraction of sp³-hybridized carbons (Fsp3) is 0.786. The third-order valence-corrected chi connectivity index (χ3v) is 4.31. The lowest BCUT2D eigenvalue weighted by Crippen LogP contribution is -2.32. The molecule has 3 rings (SSSR count). The van der Waals surface area contributed by atoms with Crippen molar-refractivity contribution in [2.75, 3.05) is 19.7 Å². The van der Waals surface area contributed by atoms with E-state index in [2.05, 4.69) is 21.8 Å². The number of imidazole rings is 1. The van der Waals surface area contributed by atoms with Crippen molar-refractivity contribution in [3.8, 4) is 0 Å². The largest absolute Gasteiger partial charge is 0.373 e. The van der Waals surface area contributed by atoms with Gasteiger partial charge in [-0.1, -0.05) is 0 Å². The van der Waals surface area contributed by atoms with E-state index >= 15 is 0 Å². The zero-order chi connectivity index (χ0) is 12.4. The maximum atomic E-state index is 5.90. The number of nitrogens with one attached hydrogen (secondary N) is 1. The molecule has 1 aromatic heterocycles. The molecule has 0 spiro atoms. The van der Waals surface area contributed by atoms with Crippen LogP contribution in [0.3, 0.4) is 0 Å². The molecule has 0 aromatic carbocycles. The molecule has 1 N–H and O–H groups in total. The summed E-state index contributed by atoms with van der Waals surface area (Å²) in [6, 6.07) is 0. The number of ether oxygens (including phenoxy) is 1. The smallest absolute Gasteiger partial charge is 0.0949 e. The van der Waals surface area contributed by atoms with Gasteiger partial charge in [0.05, 0.1) is 18.5 Å². The summed E-state index contributed by atoms with van der Waals surface area (Å²) in [7, 11) is 0. The van der Waals surface area contributed by atoms with Crippen LogP contribution in [0.15, 0.2) is 12.5 Å². The van der Waals surface area contributed by atoms with Gasteiger partial charge < -0.3 is 14.6 Å². The predicted molar refractivity (Wildman–Crippen MR) is 70.7 cm³/mol. The molecule has 0 amide bonds. The van der Waals surface area contributed by atoms with Gasteiger partial charge in [-0.15, -0.1) is 0 Å². The van der Waals surface area contributed by atoms with E-state index in [9.17, 15) is 0 Å². The van der Waals surface area contributed by atoms with Gasteiger partial charge in [-0.3, -0.25) is 0 Å². The summed E-state index contributed by atoms with van der Waals surface area (Å²) in [5.41, 5.74) is 1.41. The molecule has 4 nitrogen and oxygen atoms in total. The SMILES string of the molecule is CC1(Cn2cncc2C2CCNCC2)CCCO1. The van der Waals surface area contributed by atoms with E-state index in [4.69, 9.17) is 4.74 Å². The lowest BCUT2D eigenvalue weighted by Gasteiger charge is -2.28. The van der Waals surface area contributed by atoms with Crippen molar-refractivity contribution in [3.63, 3.8) is 0 Å². The number of piperidine rings is 1. The van der Waals surface area contributed by atoms with Crippen molar-refractivity contribution in [2.24, 2.45) is 0 Å². The predicted octanol–water partition coefficient (Wildman–Crippen LogP) is 1.92. The minimum atomic E-state index is 0.0162. The van der Waals surface area contributed by atoms with Crippen LogP contribution in [-0.4, -0.2) is 34.8 Å². The summed E-state index contributed by atoms with van der Waals surface area (Å²) in [6.45, 7) is 6.35. The Morgan fingerprint density at radius 1 is 1.50 bits per heavy atom. The van der Waals surface area contributed by atoms with E-state index in [0.717, 1.165) is 32.7 Å². The van der Waals surface area contributed by atoms with Gasteiger partial charge in [-0.25, -0.2) is 4.98 Å². The van der Waals surface area contributed by atoms with Crippen molar-refractivity contribution in [2.45, 2.75) is 50.7 Å². The fourth-order valence-electron chi connectivity index (χ4n) is 3.24. The second kappa shape index (κ2) is 5.02. The molecular formula is C14H23N3O. The van der Waals surface area contributed by atoms with Gasteiger partial charge in [-0.05, 0) is 45.7 Å². The van der Waals surface area contributed by atoms with Crippen LogP contribution in [0.1, 0.15) is 44.2 Å². The van der Waals surface area contributed by atoms with Crippen LogP contribution >= 0.6 is 0 Å². The highest BCUT2D eigenvalue weighted by Gasteiger charge is 2.31. The fourth-order valence-corrected chi connectivity index (χ4v) is 3.24. The van der Waals surface area contributed by atoms with Crippen LogP contribution in [0.2, 0.25) is 0 Å². The lowest BCUT2D eigenvalue weighted by atomic mass is 9.94. The van der Waals surface area contributed by atoms with Crippen molar-refractivity contribution >= 4 is 0 Å². The van der Waals surface area contributed by atoms with Gasteiger partial charge in [0.25, 0.3) is 0 Å². The summed E-state index contributed by atoms with van der Waals surface area (Å²) in [5.74, 6) is 0.666. The summed E-state index contributed by atoms with van der Waals surface area (Å²) in [4.78, 5) is 4.36. The molecule has 1 atom stereocenters. The van der Waals surface area contributed by atoms with Gasteiger partial charge in [0.2, 0.25) is 0 Å². The van der Waals surface area contributed by atoms with Crippen molar-refractivity contribution in [1.29, 1.82) is 0 Å². The maximum Gasteiger partial charge on any atom is 0.0949 e. The second-order valence-corrected chi connectivity index (χ2v) is 5.87. The molecule has 1 unspecified atom stereocenters. The zero-order valence-corrected chi connectivity index (χ0v) is 11.2. The molecule has 0 saturated carbocycles. The van der Waals surface area contributed by atoms with Crippen LogP contribution in [0.4, 0.5) is 0 Å². The topological polar surface area (TPSA) is 39.1 Å². The highest BCUT2D eigenvalue weighted by atomic mass is 16.5. The number of hydrogen-bond acceptors (Lipinski definition) is 3. The first-order valence-corrected chi connectivity index (χ1v) is 7.12. The summed E-state index contributed by atoms with van der Waals surface area (Å²) < 4.78 is 8.22. The summed E-state index contributed by atoms with van der Waals surface area (Å²) in [6.07, 6.45) is 8.83. The first-order valence-electron chi connectivity index (χ1n) is 7.12. The Kier molecular flexibility index (Phi) is 3.39. The van der Waals surface area contributed by atoms with E-state index in [1.165, 1.54) is 25.0 Å². The van der Waals surface area contributed by atoms with E-state index in [1.54, 1.807) is 0 Å². The molecule has 3 heterocycles. The minimum Gasteiger partial charge on any atom is -0.373 e. The molecule has 100 valence electrons. The third kappa shape index (κ3) is 2.45. The van der Waals surface area contributed by atoms with Crippen LogP contribution in [0.25, 0.3) is 0 Å². The highest BCUT2D eigenvalue weighted by Crippen LogP contribution is 2.30. The third-order valence-electron chi connectivity index (χ3n) is 4.31. The van der Waals surface area contributed by atoms with Gasteiger partial charge in [0.15, 0.2) is 0 Å². The Bertz CT molecular complexity index is 389. The molecule has 0 bridgehead atoms. The molecule has 4 heteroatoms. The Morgan fingerprint density at radius 3 is 3.06 bits per heavy atom. The Labute approximate surface area is 109 Å². The molecule has 18 heavy (non-hydrogen) atoms. The van der Waals surface area contributed by atoms with Gasteiger partial charge >= 0.3 is 0 Å². The van der Waals surface area contributed by atoms with Crippen molar-refractivity contribution in [3.05, 3.63) is 18.2 Å². The minimum absolute atomic E-state index is 0.0162. The van der Waals surface area contributed by atoms with E-state index in [-0.39, 0.29) is 5.60 Å². The average molecular weight is 249 g/mol. The summed E-state index contributed by atoms with van der Waals surface area (Å²) in [5, 5.41) is 3.42. The van der Waals surface area contributed by atoms with Crippen LogP contribution in [0, 0.1) is 0 Å². The Balaban J connectivity index is 1.74. The molecule has 2 aliphatic heterocycles. The molecule has 2 fully saturated rings. The maximum absolute atomic E-state index is 5.90. The quantitative estimate of drug-likeness (QED) is 0.889. The van der Waals surface area contributed by atoms with Crippen LogP contribution < -0.4 is 5.32 Å². The van der Waals surface area contributed by atoms with E-state index in [0.29, 0.717) is 5.92 Å². The molecule has 2 saturated heterocycles. The molecular weight excluding hydrogens is 226 g/mol. The van der Waals surface area contributed by atoms with Gasteiger partial charge in [-0.2, -0.15) is 0 Å². The molecule has 0 radical (unpaired) electrons. The van der Waals surface area contributed by atoms with Crippen molar-refractivity contribution < 1.29 is 4.74 Å². The first-order chi connectivity index (χ1) is 8.77. The number of rotatable bonds is 3. The standard InChI is InChI=1S/C14H23N3O/c1-14(5-2-8-18-14)10-17-11-16-9-13(17)12-3-6-15-7-4-12/h9,11-12,15H,2-8,10H2,1H3. The van der Waals surface area contributed by atoms with E-state index in [1.807, 2.05) is 12.5 Å².